The molecule has 0 saturated carbocycles. The normalized spacial score (nSPS) is 10.5. The molecule has 2 aromatic rings. The number of ether oxygens (including phenoxy) is 3. The van der Waals surface area contributed by atoms with E-state index >= 15 is 0 Å². The summed E-state index contributed by atoms with van der Waals surface area (Å²) in [5, 5.41) is 0. The van der Waals surface area contributed by atoms with Crippen LogP contribution in [0.1, 0.15) is 12.5 Å². The van der Waals surface area contributed by atoms with Crippen LogP contribution in [0.3, 0.4) is 0 Å². The summed E-state index contributed by atoms with van der Waals surface area (Å²) in [6, 6.07) is 14.3. The number of carbonyl (C=O) groups is 1. The molecule has 2 aromatic carbocycles. The lowest BCUT2D eigenvalue weighted by atomic mass is 10.2. The van der Waals surface area contributed by atoms with E-state index in [9.17, 15) is 4.79 Å². The highest BCUT2D eigenvalue weighted by atomic mass is 16.5. The molecule has 0 aliphatic rings. The third-order valence-electron chi connectivity index (χ3n) is 2.90. The maximum absolute atomic E-state index is 11.8. The molecule has 0 saturated heterocycles. The molecule has 0 N–H and O–H groups in total. The molecule has 0 unspecified atom stereocenters. The number of benzene rings is 2. The molecule has 4 heteroatoms. The van der Waals surface area contributed by atoms with Gasteiger partial charge >= 0.3 is 5.97 Å². The lowest BCUT2D eigenvalue weighted by Crippen LogP contribution is -2.03. The second kappa shape index (κ2) is 7.88. The predicted octanol–water partition coefficient (Wildman–Crippen LogP) is 3.71. The van der Waals surface area contributed by atoms with E-state index in [1.165, 1.54) is 6.08 Å². The highest BCUT2D eigenvalue weighted by molar-refractivity contribution is 5.89. The fourth-order valence-corrected chi connectivity index (χ4v) is 1.86. The monoisotopic (exact) mass is 298 g/mol. The van der Waals surface area contributed by atoms with Gasteiger partial charge in [0.05, 0.1) is 13.7 Å². The van der Waals surface area contributed by atoms with Crippen LogP contribution in [-0.4, -0.2) is 19.7 Å². The summed E-state index contributed by atoms with van der Waals surface area (Å²) < 4.78 is 15.8. The zero-order valence-corrected chi connectivity index (χ0v) is 12.6. The highest BCUT2D eigenvalue weighted by Crippen LogP contribution is 2.20. The van der Waals surface area contributed by atoms with Crippen molar-refractivity contribution >= 4 is 12.0 Å². The number of para-hydroxylation sites is 1. The van der Waals surface area contributed by atoms with Gasteiger partial charge in [-0.1, -0.05) is 18.2 Å². The molecule has 0 aliphatic heterocycles. The zero-order valence-electron chi connectivity index (χ0n) is 12.6. The Labute approximate surface area is 129 Å². The Morgan fingerprint density at radius 3 is 2.41 bits per heavy atom. The Kier molecular flexibility index (Phi) is 5.60. The van der Waals surface area contributed by atoms with Crippen molar-refractivity contribution in [3.8, 4) is 17.2 Å². The van der Waals surface area contributed by atoms with Gasteiger partial charge in [-0.15, -0.1) is 0 Å². The van der Waals surface area contributed by atoms with Crippen LogP contribution in [0.4, 0.5) is 0 Å². The van der Waals surface area contributed by atoms with Gasteiger partial charge < -0.3 is 14.2 Å². The topological polar surface area (TPSA) is 44.8 Å². The Balaban J connectivity index is 2.01. The Hall–Kier alpha value is -2.75. The molecule has 4 nitrogen and oxygen atoms in total. The van der Waals surface area contributed by atoms with Crippen molar-refractivity contribution in [1.82, 2.24) is 0 Å². The molecule has 0 spiro atoms. The van der Waals surface area contributed by atoms with Gasteiger partial charge in [-0.2, -0.15) is 0 Å². The molecule has 0 atom stereocenters. The lowest BCUT2D eigenvalue weighted by molar-refractivity contribution is -0.128. The maximum Gasteiger partial charge on any atom is 0.336 e. The van der Waals surface area contributed by atoms with Gasteiger partial charge in [0.15, 0.2) is 0 Å². The van der Waals surface area contributed by atoms with Gasteiger partial charge in [0.1, 0.15) is 17.2 Å². The third-order valence-corrected chi connectivity index (χ3v) is 2.90. The smallest absolute Gasteiger partial charge is 0.336 e. The first kappa shape index (κ1) is 15.6. The summed E-state index contributed by atoms with van der Waals surface area (Å²) >= 11 is 0. The van der Waals surface area contributed by atoms with Crippen molar-refractivity contribution in [1.29, 1.82) is 0 Å². The van der Waals surface area contributed by atoms with Gasteiger partial charge in [-0.05, 0) is 43.3 Å². The zero-order chi connectivity index (χ0) is 15.8. The van der Waals surface area contributed by atoms with Crippen LogP contribution in [-0.2, 0) is 4.79 Å². The van der Waals surface area contributed by atoms with Crippen LogP contribution in [0.2, 0.25) is 0 Å². The molecular formula is C18H18O4. The van der Waals surface area contributed by atoms with Crippen molar-refractivity contribution in [2.45, 2.75) is 6.92 Å². The third kappa shape index (κ3) is 4.38. The van der Waals surface area contributed by atoms with Gasteiger partial charge in [-0.25, -0.2) is 4.79 Å². The number of rotatable bonds is 6. The van der Waals surface area contributed by atoms with Crippen LogP contribution in [0, 0.1) is 0 Å². The first-order valence-electron chi connectivity index (χ1n) is 6.98. The van der Waals surface area contributed by atoms with Crippen LogP contribution < -0.4 is 14.2 Å². The lowest BCUT2D eigenvalue weighted by Gasteiger charge is -2.06. The number of esters is 1. The maximum atomic E-state index is 11.8. The quantitative estimate of drug-likeness (QED) is 0.463. The average Bonchev–Trinajstić information content (AvgIpc) is 2.55. The molecule has 0 aliphatic carbocycles. The minimum atomic E-state index is -0.448. The summed E-state index contributed by atoms with van der Waals surface area (Å²) in [5.41, 5.74) is 0.830. The van der Waals surface area contributed by atoms with Crippen molar-refractivity contribution in [3.63, 3.8) is 0 Å². The van der Waals surface area contributed by atoms with E-state index in [1.54, 1.807) is 37.5 Å². The van der Waals surface area contributed by atoms with E-state index in [-0.39, 0.29) is 0 Å². The second-order valence-electron chi connectivity index (χ2n) is 4.40. The van der Waals surface area contributed by atoms with E-state index in [4.69, 9.17) is 14.2 Å². The number of methoxy groups -OCH3 is 1. The summed E-state index contributed by atoms with van der Waals surface area (Å²) in [7, 11) is 1.58. The van der Waals surface area contributed by atoms with Crippen LogP contribution in [0.5, 0.6) is 17.2 Å². The Bertz CT molecular complexity index is 644. The molecule has 22 heavy (non-hydrogen) atoms. The molecule has 2 rings (SSSR count). The first-order chi connectivity index (χ1) is 10.7. The van der Waals surface area contributed by atoms with Crippen molar-refractivity contribution in [3.05, 3.63) is 60.2 Å². The molecule has 0 bridgehead atoms. The number of carbonyl (C=O) groups excluding carboxylic acids is 1. The molecule has 0 heterocycles. The van der Waals surface area contributed by atoms with E-state index < -0.39 is 5.97 Å². The molecule has 0 fully saturated rings. The number of hydrogen-bond acceptors (Lipinski definition) is 4. The van der Waals surface area contributed by atoms with Crippen molar-refractivity contribution < 1.29 is 19.0 Å². The summed E-state index contributed by atoms with van der Waals surface area (Å²) in [6.07, 6.45) is 3.05. The fraction of sp³-hybridized carbons (Fsp3) is 0.167. The molecule has 0 amide bonds. The summed E-state index contributed by atoms with van der Waals surface area (Å²) in [6.45, 7) is 2.49. The summed E-state index contributed by atoms with van der Waals surface area (Å²) in [4.78, 5) is 11.8. The summed E-state index contributed by atoms with van der Waals surface area (Å²) in [5.74, 6) is 1.46. The number of hydrogen-bond donors (Lipinski definition) is 0. The van der Waals surface area contributed by atoms with E-state index in [0.29, 0.717) is 18.1 Å². The molecular weight excluding hydrogens is 280 g/mol. The highest BCUT2D eigenvalue weighted by Gasteiger charge is 2.03. The fourth-order valence-electron chi connectivity index (χ4n) is 1.86. The van der Waals surface area contributed by atoms with E-state index in [0.717, 1.165) is 11.3 Å². The van der Waals surface area contributed by atoms with Gasteiger partial charge in [-0.3, -0.25) is 0 Å². The van der Waals surface area contributed by atoms with Crippen molar-refractivity contribution in [2.75, 3.05) is 13.7 Å². The first-order valence-corrected chi connectivity index (χ1v) is 6.98. The minimum Gasteiger partial charge on any atom is -0.497 e. The predicted molar refractivity (Wildman–Crippen MR) is 85.3 cm³/mol. The minimum absolute atomic E-state index is 0.448. The van der Waals surface area contributed by atoms with Crippen molar-refractivity contribution in [2.24, 2.45) is 0 Å². The average molecular weight is 298 g/mol. The molecule has 0 aromatic heterocycles. The molecule has 114 valence electrons. The van der Waals surface area contributed by atoms with Gasteiger partial charge in [0.25, 0.3) is 0 Å². The second-order valence-corrected chi connectivity index (χ2v) is 4.40. The van der Waals surface area contributed by atoms with E-state index in [2.05, 4.69) is 0 Å². The SMILES string of the molecule is CCOc1ccccc1/C=C/C(=O)Oc1ccc(OC)cc1. The largest absolute Gasteiger partial charge is 0.497 e. The standard InChI is InChI=1S/C18H18O4/c1-3-21-17-7-5-4-6-14(17)8-13-18(19)22-16-11-9-15(20-2)10-12-16/h4-13H,3H2,1-2H3/b13-8+. The molecule has 0 radical (unpaired) electrons. The Morgan fingerprint density at radius 1 is 1.05 bits per heavy atom. The van der Waals surface area contributed by atoms with Gasteiger partial charge in [0.2, 0.25) is 0 Å². The van der Waals surface area contributed by atoms with E-state index in [1.807, 2.05) is 31.2 Å². The van der Waals surface area contributed by atoms with Crippen LogP contribution in [0.25, 0.3) is 6.08 Å². The van der Waals surface area contributed by atoms with Gasteiger partial charge in [0, 0.05) is 11.6 Å². The Morgan fingerprint density at radius 2 is 1.73 bits per heavy atom. The van der Waals surface area contributed by atoms with Crippen LogP contribution >= 0.6 is 0 Å². The van der Waals surface area contributed by atoms with Crippen LogP contribution in [0.15, 0.2) is 54.6 Å².